The zero-order chi connectivity index (χ0) is 22.8. The topological polar surface area (TPSA) is 74.6 Å². The molecule has 1 aliphatic heterocycles. The molecule has 6 heteroatoms. The summed E-state index contributed by atoms with van der Waals surface area (Å²) >= 11 is 0. The third-order valence-electron chi connectivity index (χ3n) is 9.36. The first-order valence-electron chi connectivity index (χ1n) is 12.8. The molecule has 176 valence electrons. The van der Waals surface area contributed by atoms with E-state index in [9.17, 15) is 14.7 Å². The highest BCUT2D eigenvalue weighted by atomic mass is 16.3. The van der Waals surface area contributed by atoms with Crippen LogP contribution in [0.25, 0.3) is 10.9 Å². The Balaban J connectivity index is 1.31. The molecule has 5 aliphatic rings. The van der Waals surface area contributed by atoms with Crippen molar-refractivity contribution in [3.8, 4) is 5.75 Å². The Labute approximate surface area is 195 Å². The minimum Gasteiger partial charge on any atom is -0.506 e. The second-order valence-corrected chi connectivity index (χ2v) is 11.2. The molecule has 2 heterocycles. The summed E-state index contributed by atoms with van der Waals surface area (Å²) in [7, 11) is 0. The molecule has 6 nitrogen and oxygen atoms in total. The number of benzene rings is 1. The van der Waals surface area contributed by atoms with Gasteiger partial charge in [-0.25, -0.2) is 0 Å². The Morgan fingerprint density at radius 1 is 1.18 bits per heavy atom. The minimum atomic E-state index is -0.421. The Hall–Kier alpha value is -2.34. The van der Waals surface area contributed by atoms with E-state index in [0.717, 1.165) is 63.0 Å². The largest absolute Gasteiger partial charge is 0.506 e. The van der Waals surface area contributed by atoms with Gasteiger partial charge in [0.15, 0.2) is 0 Å². The zero-order valence-electron chi connectivity index (χ0n) is 19.6. The zero-order valence-corrected chi connectivity index (χ0v) is 19.6. The van der Waals surface area contributed by atoms with Crippen LogP contribution in [0.15, 0.2) is 29.1 Å². The molecule has 5 fully saturated rings. The molecule has 2 N–H and O–H groups in total. The first kappa shape index (κ1) is 21.2. The highest BCUT2D eigenvalue weighted by molar-refractivity contribution is 6.02. The number of aromatic hydroxyl groups is 1. The number of para-hydroxylation sites is 1. The molecule has 1 aromatic heterocycles. The highest BCUT2D eigenvalue weighted by Crippen LogP contribution is 2.62. The minimum absolute atomic E-state index is 0.0846. The molecule has 4 saturated carbocycles. The molecular weight excluding hydrogens is 414 g/mol. The van der Waals surface area contributed by atoms with E-state index in [0.29, 0.717) is 17.5 Å². The molecule has 33 heavy (non-hydrogen) atoms. The summed E-state index contributed by atoms with van der Waals surface area (Å²) in [6.07, 6.45) is 10.1. The average molecular weight is 450 g/mol. The van der Waals surface area contributed by atoms with Crippen LogP contribution < -0.4 is 10.9 Å². The summed E-state index contributed by atoms with van der Waals surface area (Å²) < 4.78 is 1.78. The van der Waals surface area contributed by atoms with Gasteiger partial charge in [-0.1, -0.05) is 31.9 Å². The number of carbonyl (C=O) groups is 1. The lowest BCUT2D eigenvalue weighted by Crippen LogP contribution is -2.69. The van der Waals surface area contributed by atoms with Gasteiger partial charge in [0.05, 0.1) is 5.52 Å². The van der Waals surface area contributed by atoms with Gasteiger partial charge in [0.25, 0.3) is 11.5 Å². The monoisotopic (exact) mass is 449 g/mol. The summed E-state index contributed by atoms with van der Waals surface area (Å²) in [6, 6.07) is 7.52. The summed E-state index contributed by atoms with van der Waals surface area (Å²) in [4.78, 5) is 29.6. The maximum absolute atomic E-state index is 13.6. The SMILES string of the molecule is CCN1CCC2(CNC(=O)c3c(O)c4ccccc4n(C4CCCC4)c3=O)CC3CC1(C3)C2. The van der Waals surface area contributed by atoms with Crippen molar-refractivity contribution in [3.63, 3.8) is 0 Å². The lowest BCUT2D eigenvalue weighted by atomic mass is 9.47. The molecule has 1 saturated heterocycles. The lowest BCUT2D eigenvalue weighted by molar-refractivity contribution is -0.155. The van der Waals surface area contributed by atoms with Gasteiger partial charge >= 0.3 is 0 Å². The van der Waals surface area contributed by atoms with Gasteiger partial charge in [-0.15, -0.1) is 0 Å². The summed E-state index contributed by atoms with van der Waals surface area (Å²) in [6.45, 7) is 5.04. The smallest absolute Gasteiger partial charge is 0.267 e. The Bertz CT molecular complexity index is 1160. The number of hydrogen-bond acceptors (Lipinski definition) is 4. The van der Waals surface area contributed by atoms with Crippen molar-refractivity contribution < 1.29 is 9.90 Å². The van der Waals surface area contributed by atoms with Crippen molar-refractivity contribution in [1.29, 1.82) is 0 Å². The van der Waals surface area contributed by atoms with Crippen LogP contribution in [0.2, 0.25) is 0 Å². The van der Waals surface area contributed by atoms with E-state index in [1.165, 1.54) is 19.3 Å². The Kier molecular flexibility index (Phi) is 4.88. The number of pyridine rings is 1. The normalized spacial score (nSPS) is 31.5. The lowest BCUT2D eigenvalue weighted by Gasteiger charge is -2.67. The third-order valence-corrected chi connectivity index (χ3v) is 9.36. The number of rotatable bonds is 5. The molecule has 1 atom stereocenters. The fourth-order valence-electron chi connectivity index (χ4n) is 8.01. The van der Waals surface area contributed by atoms with Gasteiger partial charge in [-0.05, 0) is 81.5 Å². The van der Waals surface area contributed by atoms with E-state index < -0.39 is 5.91 Å². The number of hydrogen-bond donors (Lipinski definition) is 2. The Morgan fingerprint density at radius 2 is 1.94 bits per heavy atom. The number of piperidine rings is 1. The number of nitrogens with one attached hydrogen (secondary N) is 1. The second kappa shape index (κ2) is 7.59. The van der Waals surface area contributed by atoms with Gasteiger partial charge in [0.1, 0.15) is 11.3 Å². The van der Waals surface area contributed by atoms with Crippen molar-refractivity contribution in [1.82, 2.24) is 14.8 Å². The summed E-state index contributed by atoms with van der Waals surface area (Å²) in [5.41, 5.74) is 0.749. The number of aromatic nitrogens is 1. The van der Waals surface area contributed by atoms with Gasteiger partial charge in [0.2, 0.25) is 0 Å². The molecular formula is C27H35N3O3. The number of amides is 1. The fraction of sp³-hybridized carbons (Fsp3) is 0.630. The van der Waals surface area contributed by atoms with Gasteiger partial charge in [-0.2, -0.15) is 0 Å². The molecule has 4 aliphatic carbocycles. The molecule has 3 bridgehead atoms. The maximum Gasteiger partial charge on any atom is 0.267 e. The average Bonchev–Trinajstić information content (AvgIpc) is 3.32. The predicted molar refractivity (Wildman–Crippen MR) is 129 cm³/mol. The molecule has 1 spiro atoms. The number of nitrogens with zero attached hydrogens (tertiary/aromatic N) is 2. The van der Waals surface area contributed by atoms with E-state index in [1.54, 1.807) is 4.57 Å². The first-order valence-corrected chi connectivity index (χ1v) is 12.8. The van der Waals surface area contributed by atoms with Crippen LogP contribution in [0.3, 0.4) is 0 Å². The van der Waals surface area contributed by atoms with Crippen molar-refractivity contribution in [2.75, 3.05) is 19.6 Å². The standard InChI is InChI=1S/C27H35N3O3/c1-2-29-12-11-26(13-18-14-27(29,15-18)16-26)17-28-24(32)22-23(31)20-9-5-6-10-21(20)30(25(22)33)19-7-3-4-8-19/h5-6,9-10,18-19,31H,2-4,7-8,11-17H2,1H3,(H,28,32). The molecule has 2 aromatic rings. The predicted octanol–water partition coefficient (Wildman–Crippen LogP) is 4.21. The van der Waals surface area contributed by atoms with Crippen LogP contribution in [0.1, 0.15) is 81.1 Å². The van der Waals surface area contributed by atoms with E-state index in [4.69, 9.17) is 0 Å². The van der Waals surface area contributed by atoms with Gasteiger partial charge in [-0.3, -0.25) is 14.5 Å². The highest BCUT2D eigenvalue weighted by Gasteiger charge is 2.60. The van der Waals surface area contributed by atoms with E-state index in [1.807, 2.05) is 24.3 Å². The van der Waals surface area contributed by atoms with Gasteiger partial charge < -0.3 is 15.0 Å². The summed E-state index contributed by atoms with van der Waals surface area (Å²) in [5.74, 6) is 0.165. The quantitative estimate of drug-likeness (QED) is 0.717. The van der Waals surface area contributed by atoms with Crippen molar-refractivity contribution in [3.05, 3.63) is 40.2 Å². The van der Waals surface area contributed by atoms with Crippen LogP contribution in [-0.4, -0.2) is 45.7 Å². The second-order valence-electron chi connectivity index (χ2n) is 11.2. The number of carbonyl (C=O) groups excluding carboxylic acids is 1. The van der Waals surface area contributed by atoms with Gasteiger partial charge in [0, 0.05) is 23.5 Å². The number of likely N-dealkylation sites (tertiary alicyclic amines) is 1. The molecule has 1 amide bonds. The van der Waals surface area contributed by atoms with E-state index in [-0.39, 0.29) is 28.3 Å². The molecule has 0 radical (unpaired) electrons. The van der Waals surface area contributed by atoms with Crippen LogP contribution in [-0.2, 0) is 0 Å². The molecule has 7 rings (SSSR count). The number of fused-ring (bicyclic) bond motifs is 1. The summed E-state index contributed by atoms with van der Waals surface area (Å²) in [5, 5.41) is 14.7. The third kappa shape index (κ3) is 3.17. The van der Waals surface area contributed by atoms with Crippen molar-refractivity contribution >= 4 is 16.8 Å². The van der Waals surface area contributed by atoms with Crippen LogP contribution in [0.5, 0.6) is 5.75 Å². The molecule has 1 aromatic carbocycles. The van der Waals surface area contributed by atoms with E-state index in [2.05, 4.69) is 17.1 Å². The maximum atomic E-state index is 13.6. The van der Waals surface area contributed by atoms with Crippen LogP contribution >= 0.6 is 0 Å². The van der Waals surface area contributed by atoms with Crippen molar-refractivity contribution in [2.45, 2.75) is 76.3 Å². The molecule has 1 unspecified atom stereocenters. The fourth-order valence-corrected chi connectivity index (χ4v) is 8.01. The first-order chi connectivity index (χ1) is 16.0. The van der Waals surface area contributed by atoms with Crippen LogP contribution in [0, 0.1) is 11.3 Å². The van der Waals surface area contributed by atoms with Crippen LogP contribution in [0.4, 0.5) is 0 Å². The van der Waals surface area contributed by atoms with E-state index >= 15 is 0 Å². The van der Waals surface area contributed by atoms with Crippen molar-refractivity contribution in [2.24, 2.45) is 11.3 Å². The Morgan fingerprint density at radius 3 is 2.70 bits per heavy atom.